The molecule has 0 unspecified atom stereocenters. The summed E-state index contributed by atoms with van der Waals surface area (Å²) in [5, 5.41) is 12.2. The number of imidazole rings is 1. The Morgan fingerprint density at radius 1 is 0.444 bits per heavy atom. The average molecular weight is 822 g/mol. The van der Waals surface area contributed by atoms with Crippen molar-refractivity contribution in [3.05, 3.63) is 204 Å². The fourth-order valence-electron chi connectivity index (χ4n) is 8.94. The summed E-state index contributed by atoms with van der Waals surface area (Å²) in [5.74, 6) is 0.942. The van der Waals surface area contributed by atoms with Crippen LogP contribution in [0.5, 0.6) is 5.75 Å². The minimum absolute atomic E-state index is 0.228. The van der Waals surface area contributed by atoms with Gasteiger partial charge in [0, 0.05) is 22.7 Å². The van der Waals surface area contributed by atoms with Gasteiger partial charge in [0.1, 0.15) is 11.6 Å². The number of phenolic OH excluding ortho intramolecular Hbond substituents is 1. The maximum Gasteiger partial charge on any atom is 0.149 e. The molecule has 4 nitrogen and oxygen atoms in total. The van der Waals surface area contributed by atoms with Gasteiger partial charge < -0.3 is 5.11 Å². The number of fused-ring (bicyclic) bond motifs is 1. The van der Waals surface area contributed by atoms with Crippen molar-refractivity contribution in [3.63, 3.8) is 0 Å². The molecule has 0 spiro atoms. The van der Waals surface area contributed by atoms with E-state index in [9.17, 15) is 5.11 Å². The van der Waals surface area contributed by atoms with Crippen molar-refractivity contribution in [1.82, 2.24) is 14.5 Å². The van der Waals surface area contributed by atoms with Crippen LogP contribution >= 0.6 is 0 Å². The van der Waals surface area contributed by atoms with Gasteiger partial charge in [0.05, 0.1) is 28.0 Å². The number of rotatable bonds is 8. The molecular weight excluding hydrogens is 767 g/mol. The Morgan fingerprint density at radius 2 is 1.03 bits per heavy atom. The van der Waals surface area contributed by atoms with Gasteiger partial charge >= 0.3 is 0 Å². The fourth-order valence-corrected chi connectivity index (χ4v) is 8.94. The van der Waals surface area contributed by atoms with Crippen molar-refractivity contribution in [2.75, 3.05) is 0 Å². The Kier molecular flexibility index (Phi) is 10.5. The molecule has 0 aliphatic heterocycles. The molecule has 0 saturated carbocycles. The van der Waals surface area contributed by atoms with Crippen molar-refractivity contribution < 1.29 is 5.11 Å². The van der Waals surface area contributed by atoms with Crippen molar-refractivity contribution >= 4 is 11.0 Å². The number of para-hydroxylation sites is 2. The Balaban J connectivity index is 1.33. The molecule has 0 fully saturated rings. The van der Waals surface area contributed by atoms with Gasteiger partial charge in [0.2, 0.25) is 0 Å². The number of hydrogen-bond donors (Lipinski definition) is 1. The first-order valence-corrected chi connectivity index (χ1v) is 22.0. The van der Waals surface area contributed by atoms with E-state index >= 15 is 0 Å². The zero-order valence-electron chi connectivity index (χ0n) is 37.6. The molecule has 63 heavy (non-hydrogen) atoms. The molecule has 0 saturated heterocycles. The first-order valence-electron chi connectivity index (χ1n) is 22.0. The number of pyridine rings is 1. The first-order chi connectivity index (χ1) is 30.2. The van der Waals surface area contributed by atoms with E-state index in [1.807, 2.05) is 30.5 Å². The summed E-state index contributed by atoms with van der Waals surface area (Å²) >= 11 is 0. The summed E-state index contributed by atoms with van der Waals surface area (Å²) in [6.45, 7) is 17.8. The van der Waals surface area contributed by atoms with Crippen LogP contribution in [0.2, 0.25) is 0 Å². The van der Waals surface area contributed by atoms with Gasteiger partial charge in [-0.25, -0.2) is 4.98 Å². The van der Waals surface area contributed by atoms with Crippen LogP contribution < -0.4 is 0 Å². The molecule has 312 valence electrons. The predicted octanol–water partition coefficient (Wildman–Crippen LogP) is 15.4. The number of aromatic nitrogens is 3. The third kappa shape index (κ3) is 7.87. The lowest BCUT2D eigenvalue weighted by molar-refractivity contribution is 0.448. The number of phenols is 1. The van der Waals surface area contributed by atoms with Crippen molar-refractivity contribution in [3.8, 4) is 67.5 Å². The van der Waals surface area contributed by atoms with E-state index in [1.165, 1.54) is 22.3 Å². The van der Waals surface area contributed by atoms with E-state index in [0.29, 0.717) is 11.4 Å². The zero-order valence-corrected chi connectivity index (χ0v) is 37.6. The molecule has 0 bridgehead atoms. The topological polar surface area (TPSA) is 50.9 Å². The highest BCUT2D eigenvalue weighted by atomic mass is 16.3. The van der Waals surface area contributed by atoms with Gasteiger partial charge in [-0.05, 0) is 109 Å². The van der Waals surface area contributed by atoms with Crippen molar-refractivity contribution in [1.29, 1.82) is 0 Å². The molecule has 0 amide bonds. The van der Waals surface area contributed by atoms with Gasteiger partial charge in [0.15, 0.2) is 0 Å². The summed E-state index contributed by atoms with van der Waals surface area (Å²) < 4.78 is 2.28. The van der Waals surface area contributed by atoms with Gasteiger partial charge in [-0.1, -0.05) is 183 Å². The van der Waals surface area contributed by atoms with E-state index in [1.54, 1.807) is 0 Å². The minimum Gasteiger partial charge on any atom is -0.507 e. The Morgan fingerprint density at radius 3 is 1.68 bits per heavy atom. The maximum atomic E-state index is 12.2. The van der Waals surface area contributed by atoms with Crippen LogP contribution in [0.15, 0.2) is 182 Å². The van der Waals surface area contributed by atoms with Crippen LogP contribution in [0.25, 0.3) is 72.7 Å². The number of benzene rings is 7. The van der Waals surface area contributed by atoms with Crippen LogP contribution in [0.3, 0.4) is 0 Å². The average Bonchev–Trinajstić information content (AvgIpc) is 3.68. The lowest BCUT2D eigenvalue weighted by atomic mass is 9.76. The van der Waals surface area contributed by atoms with Crippen LogP contribution in [0.1, 0.15) is 77.6 Å². The summed E-state index contributed by atoms with van der Waals surface area (Å²) in [7, 11) is 0. The Hall–Kier alpha value is -7.04. The monoisotopic (exact) mass is 821 g/mol. The molecule has 4 heteroatoms. The second-order valence-corrected chi connectivity index (χ2v) is 19.3. The summed E-state index contributed by atoms with van der Waals surface area (Å²) in [6, 6.07) is 62.3. The second kappa shape index (κ2) is 16.0. The molecule has 0 atom stereocenters. The van der Waals surface area contributed by atoms with Crippen LogP contribution in [-0.2, 0) is 16.2 Å². The Labute approximate surface area is 372 Å². The highest BCUT2D eigenvalue weighted by Gasteiger charge is 2.29. The minimum atomic E-state index is -0.331. The highest BCUT2D eigenvalue weighted by Crippen LogP contribution is 2.45. The second-order valence-electron chi connectivity index (χ2n) is 19.3. The fraction of sp³-hybridized carbons (Fsp3) is 0.186. The third-order valence-corrected chi connectivity index (χ3v) is 12.5. The third-order valence-electron chi connectivity index (χ3n) is 12.5. The first kappa shape index (κ1) is 41.3. The van der Waals surface area contributed by atoms with Crippen molar-refractivity contribution in [2.24, 2.45) is 0 Å². The van der Waals surface area contributed by atoms with Crippen LogP contribution in [0, 0.1) is 0 Å². The molecule has 2 aromatic heterocycles. The normalized spacial score (nSPS) is 12.2. The van der Waals surface area contributed by atoms with Gasteiger partial charge in [-0.15, -0.1) is 0 Å². The van der Waals surface area contributed by atoms with Crippen LogP contribution in [0.4, 0.5) is 0 Å². The molecule has 0 aliphatic carbocycles. The predicted molar refractivity (Wildman–Crippen MR) is 264 cm³/mol. The van der Waals surface area contributed by atoms with E-state index in [4.69, 9.17) is 9.97 Å². The van der Waals surface area contributed by atoms with Crippen LogP contribution in [-0.4, -0.2) is 19.6 Å². The molecule has 1 N–H and O–H groups in total. The van der Waals surface area contributed by atoms with Crippen molar-refractivity contribution in [2.45, 2.75) is 71.6 Å². The molecular formula is C59H55N3O. The molecule has 7 aromatic carbocycles. The van der Waals surface area contributed by atoms with E-state index in [0.717, 1.165) is 61.4 Å². The van der Waals surface area contributed by atoms with E-state index in [2.05, 4.69) is 212 Å². The lowest BCUT2D eigenvalue weighted by Crippen LogP contribution is -2.19. The highest BCUT2D eigenvalue weighted by molar-refractivity contribution is 5.97. The largest absolute Gasteiger partial charge is 0.507 e. The van der Waals surface area contributed by atoms with E-state index in [-0.39, 0.29) is 22.0 Å². The SMILES string of the molecule is CC(C)(C)c1cc(-c2ccccc2)ccc1-n1c(-c2cccc(C(C)(C)C)c2O)nc2c(-c3cc(-c4cc(-c5ccccc5)ccn4)cc(C(C)(C)c4ccccc4)c3)cccc21. The molecule has 9 rings (SSSR count). The van der Waals surface area contributed by atoms with Gasteiger partial charge in [-0.3, -0.25) is 9.55 Å². The van der Waals surface area contributed by atoms with E-state index < -0.39 is 0 Å². The number of hydrogen-bond acceptors (Lipinski definition) is 3. The smallest absolute Gasteiger partial charge is 0.149 e. The molecule has 2 heterocycles. The molecule has 9 aromatic rings. The lowest BCUT2D eigenvalue weighted by Gasteiger charge is -2.27. The quantitative estimate of drug-likeness (QED) is 0.166. The molecule has 0 aliphatic rings. The zero-order chi connectivity index (χ0) is 44.1. The number of nitrogens with zero attached hydrogens (tertiary/aromatic N) is 3. The number of aromatic hydroxyl groups is 1. The Bertz CT molecular complexity index is 3090. The van der Waals surface area contributed by atoms with Gasteiger partial charge in [0.25, 0.3) is 0 Å². The summed E-state index contributed by atoms with van der Waals surface area (Å²) in [6.07, 6.45) is 1.91. The summed E-state index contributed by atoms with van der Waals surface area (Å²) in [4.78, 5) is 10.6. The maximum absolute atomic E-state index is 12.2. The molecule has 0 radical (unpaired) electrons. The standard InChI is InChI=1S/C59H55N3O/c1-57(2,3)49-28-18-27-48(55(49)63)56-61-54-47(26-19-29-53(54)62(56)52-31-30-41(37-50(52)58(4,5)6)39-20-12-9-13-21-39)43-34-44(36-46(35-43)59(7,8)45-24-16-11-17-25-45)51-38-42(32-33-60-51)40-22-14-10-15-23-40/h9-38,63H,1-8H3. The summed E-state index contributed by atoms with van der Waals surface area (Å²) in [5.41, 5.74) is 15.7. The van der Waals surface area contributed by atoms with Gasteiger partial charge in [-0.2, -0.15) is 0 Å².